The maximum Gasteiger partial charge on any atom is 0.320 e. The third-order valence-corrected chi connectivity index (χ3v) is 4.03. The first-order chi connectivity index (χ1) is 10.9. The average molecular weight is 376 g/mol. The van der Waals surface area contributed by atoms with Crippen molar-refractivity contribution in [3.05, 3.63) is 56.8 Å². The number of aliphatic carboxylic acids is 1. The first-order valence-corrected chi connectivity index (χ1v) is 7.71. The molecule has 0 spiro atoms. The SMILES string of the molecule is N[C@@H](Cc1ccc(OCc2c(Cl)cccc2Cl)c(Cl)n1)C(=O)O. The molecule has 5 nitrogen and oxygen atoms in total. The largest absolute Gasteiger partial charge is 0.486 e. The fourth-order valence-electron chi connectivity index (χ4n) is 1.81. The lowest BCUT2D eigenvalue weighted by Gasteiger charge is -2.12. The van der Waals surface area contributed by atoms with Gasteiger partial charge in [0.2, 0.25) is 0 Å². The van der Waals surface area contributed by atoms with E-state index in [1.54, 1.807) is 30.3 Å². The van der Waals surface area contributed by atoms with E-state index in [2.05, 4.69) is 4.98 Å². The molecule has 122 valence electrons. The minimum absolute atomic E-state index is 0.0751. The summed E-state index contributed by atoms with van der Waals surface area (Å²) in [5, 5.41) is 9.89. The van der Waals surface area contributed by atoms with Crippen LogP contribution in [0.5, 0.6) is 5.75 Å². The zero-order chi connectivity index (χ0) is 17.0. The van der Waals surface area contributed by atoms with Crippen LogP contribution < -0.4 is 10.5 Å². The Morgan fingerprint density at radius 2 is 1.87 bits per heavy atom. The van der Waals surface area contributed by atoms with Crippen LogP contribution in [0.15, 0.2) is 30.3 Å². The second-order valence-electron chi connectivity index (χ2n) is 4.73. The van der Waals surface area contributed by atoms with Gasteiger partial charge in [-0.25, -0.2) is 4.98 Å². The minimum atomic E-state index is -1.10. The molecule has 0 radical (unpaired) electrons. The standard InChI is InChI=1S/C15H13Cl3N2O3/c16-10-2-1-3-11(17)9(10)7-23-13-5-4-8(20-14(13)18)6-12(19)15(21)22/h1-5,12H,6-7,19H2,(H,21,22)/t12-/m0/s1. The monoisotopic (exact) mass is 374 g/mol. The summed E-state index contributed by atoms with van der Waals surface area (Å²) in [6, 6.07) is 7.34. The second-order valence-corrected chi connectivity index (χ2v) is 5.90. The number of carboxylic acids is 1. The molecule has 8 heteroatoms. The van der Waals surface area contributed by atoms with Crippen molar-refractivity contribution >= 4 is 40.8 Å². The molecule has 23 heavy (non-hydrogen) atoms. The quantitative estimate of drug-likeness (QED) is 0.754. The van der Waals surface area contributed by atoms with Crippen LogP contribution in [0.25, 0.3) is 0 Å². The third-order valence-electron chi connectivity index (χ3n) is 3.05. The van der Waals surface area contributed by atoms with Crippen LogP contribution in [-0.2, 0) is 17.8 Å². The van der Waals surface area contributed by atoms with Gasteiger partial charge in [0.1, 0.15) is 12.6 Å². The number of halogens is 3. The van der Waals surface area contributed by atoms with Crippen molar-refractivity contribution in [2.45, 2.75) is 19.1 Å². The number of carbonyl (C=O) groups is 1. The normalized spacial score (nSPS) is 12.0. The molecule has 0 unspecified atom stereocenters. The molecule has 2 aromatic rings. The van der Waals surface area contributed by atoms with Gasteiger partial charge in [0.25, 0.3) is 0 Å². The van der Waals surface area contributed by atoms with E-state index in [1.165, 1.54) is 0 Å². The molecule has 1 atom stereocenters. The van der Waals surface area contributed by atoms with Crippen molar-refractivity contribution in [3.8, 4) is 5.75 Å². The van der Waals surface area contributed by atoms with Gasteiger partial charge in [-0.15, -0.1) is 0 Å². The van der Waals surface area contributed by atoms with Gasteiger partial charge in [0.15, 0.2) is 10.9 Å². The predicted molar refractivity (Wildman–Crippen MR) is 89.4 cm³/mol. The van der Waals surface area contributed by atoms with Gasteiger partial charge in [-0.3, -0.25) is 4.79 Å². The number of ether oxygens (including phenoxy) is 1. The Balaban J connectivity index is 2.08. The van der Waals surface area contributed by atoms with Crippen molar-refractivity contribution in [1.82, 2.24) is 4.98 Å². The first kappa shape index (κ1) is 17.8. The maximum atomic E-state index is 10.7. The number of nitrogens with zero attached hydrogens (tertiary/aromatic N) is 1. The molecular formula is C15H13Cl3N2O3. The summed E-state index contributed by atoms with van der Waals surface area (Å²) in [6.45, 7) is 0.133. The van der Waals surface area contributed by atoms with Crippen LogP contribution in [0.1, 0.15) is 11.3 Å². The fraction of sp³-hybridized carbons (Fsp3) is 0.200. The van der Waals surface area contributed by atoms with Gasteiger partial charge < -0.3 is 15.6 Å². The lowest BCUT2D eigenvalue weighted by Crippen LogP contribution is -2.32. The Morgan fingerprint density at radius 1 is 1.22 bits per heavy atom. The van der Waals surface area contributed by atoms with E-state index in [0.29, 0.717) is 27.1 Å². The number of benzene rings is 1. The van der Waals surface area contributed by atoms with Crippen LogP contribution in [0.3, 0.4) is 0 Å². The third kappa shape index (κ3) is 4.72. The smallest absolute Gasteiger partial charge is 0.320 e. The highest BCUT2D eigenvalue weighted by atomic mass is 35.5. The summed E-state index contributed by atoms with van der Waals surface area (Å²) in [6.07, 6.45) is 0.0751. The van der Waals surface area contributed by atoms with Crippen LogP contribution in [0.4, 0.5) is 0 Å². The molecule has 0 aliphatic heterocycles. The van der Waals surface area contributed by atoms with Crippen LogP contribution in [0, 0.1) is 0 Å². The Labute approximate surface area is 147 Å². The van der Waals surface area contributed by atoms with Crippen LogP contribution >= 0.6 is 34.8 Å². The summed E-state index contributed by atoms with van der Waals surface area (Å²) in [4.78, 5) is 14.8. The van der Waals surface area contributed by atoms with Crippen LogP contribution in [-0.4, -0.2) is 22.1 Å². The highest BCUT2D eigenvalue weighted by Gasteiger charge is 2.15. The number of pyridine rings is 1. The number of hydrogen-bond donors (Lipinski definition) is 2. The number of hydrogen-bond acceptors (Lipinski definition) is 4. The fourth-order valence-corrected chi connectivity index (χ4v) is 2.55. The molecule has 1 aromatic heterocycles. The van der Waals surface area contributed by atoms with Crippen molar-refractivity contribution in [1.29, 1.82) is 0 Å². The van der Waals surface area contributed by atoms with Gasteiger partial charge in [-0.05, 0) is 24.3 Å². The zero-order valence-corrected chi connectivity index (χ0v) is 14.1. The summed E-state index contributed by atoms with van der Waals surface area (Å²) in [5.74, 6) is -0.757. The van der Waals surface area contributed by atoms with Crippen LogP contribution in [0.2, 0.25) is 15.2 Å². The Bertz CT molecular complexity index is 705. The summed E-state index contributed by atoms with van der Waals surface area (Å²) in [5.41, 5.74) is 6.57. The number of aromatic nitrogens is 1. The highest BCUT2D eigenvalue weighted by Crippen LogP contribution is 2.28. The Morgan fingerprint density at radius 3 is 2.43 bits per heavy atom. The average Bonchev–Trinajstić information content (AvgIpc) is 2.48. The van der Waals surface area contributed by atoms with Gasteiger partial charge in [-0.1, -0.05) is 40.9 Å². The molecule has 1 heterocycles. The van der Waals surface area contributed by atoms with Crippen molar-refractivity contribution in [2.75, 3.05) is 0 Å². The van der Waals surface area contributed by atoms with Crippen molar-refractivity contribution < 1.29 is 14.6 Å². The topological polar surface area (TPSA) is 85.4 Å². The van der Waals surface area contributed by atoms with E-state index in [9.17, 15) is 4.79 Å². The molecule has 2 rings (SSSR count). The van der Waals surface area contributed by atoms with E-state index in [4.69, 9.17) is 50.4 Å². The van der Waals surface area contributed by atoms with E-state index >= 15 is 0 Å². The van der Waals surface area contributed by atoms with Gasteiger partial charge >= 0.3 is 5.97 Å². The minimum Gasteiger partial charge on any atom is -0.486 e. The highest BCUT2D eigenvalue weighted by molar-refractivity contribution is 6.36. The Kier molecular flexibility index (Phi) is 6.07. The molecule has 1 aromatic carbocycles. The number of rotatable bonds is 6. The Hall–Kier alpha value is -1.53. The lowest BCUT2D eigenvalue weighted by molar-refractivity contribution is -0.138. The molecule has 0 fully saturated rings. The molecular weight excluding hydrogens is 363 g/mol. The maximum absolute atomic E-state index is 10.7. The van der Waals surface area contributed by atoms with E-state index in [1.807, 2.05) is 0 Å². The van der Waals surface area contributed by atoms with Gasteiger partial charge in [-0.2, -0.15) is 0 Å². The molecule has 0 aliphatic rings. The molecule has 0 aliphatic carbocycles. The molecule has 0 bridgehead atoms. The molecule has 0 amide bonds. The first-order valence-electron chi connectivity index (χ1n) is 6.58. The zero-order valence-electron chi connectivity index (χ0n) is 11.8. The van der Waals surface area contributed by atoms with E-state index < -0.39 is 12.0 Å². The summed E-state index contributed by atoms with van der Waals surface area (Å²) < 4.78 is 5.58. The second kappa shape index (κ2) is 7.84. The summed E-state index contributed by atoms with van der Waals surface area (Å²) in [7, 11) is 0. The van der Waals surface area contributed by atoms with Crippen molar-refractivity contribution in [2.24, 2.45) is 5.73 Å². The van der Waals surface area contributed by atoms with Gasteiger partial charge in [0.05, 0.1) is 0 Å². The van der Waals surface area contributed by atoms with E-state index in [-0.39, 0.29) is 18.2 Å². The van der Waals surface area contributed by atoms with E-state index in [0.717, 1.165) is 0 Å². The van der Waals surface area contributed by atoms with Gasteiger partial charge in [0, 0.05) is 27.7 Å². The predicted octanol–water partition coefficient (Wildman–Crippen LogP) is 3.58. The lowest BCUT2D eigenvalue weighted by atomic mass is 10.1. The number of carboxylic acid groups (broad SMARTS) is 1. The number of nitrogens with two attached hydrogens (primary N) is 1. The summed E-state index contributed by atoms with van der Waals surface area (Å²) >= 11 is 18.2. The van der Waals surface area contributed by atoms with Crippen molar-refractivity contribution in [3.63, 3.8) is 0 Å². The molecule has 3 N–H and O–H groups in total. The molecule has 0 saturated heterocycles. The molecule has 0 saturated carbocycles.